The Morgan fingerprint density at radius 3 is 2.85 bits per heavy atom. The lowest BCUT2D eigenvalue weighted by Gasteiger charge is -2.22. The van der Waals surface area contributed by atoms with Crippen molar-refractivity contribution in [1.29, 1.82) is 0 Å². The Labute approximate surface area is 164 Å². The molecule has 1 heterocycles. The lowest BCUT2D eigenvalue weighted by atomic mass is 9.97. The van der Waals surface area contributed by atoms with Crippen molar-refractivity contribution in [3.8, 4) is 0 Å². The summed E-state index contributed by atoms with van der Waals surface area (Å²) in [6.45, 7) is 0.690. The van der Waals surface area contributed by atoms with E-state index in [0.717, 1.165) is 22.6 Å². The van der Waals surface area contributed by atoms with Gasteiger partial charge >= 0.3 is 0 Å². The van der Waals surface area contributed by atoms with E-state index >= 15 is 0 Å². The van der Waals surface area contributed by atoms with Crippen LogP contribution in [0, 0.1) is 0 Å². The standard InChI is InChI=1S/C18H20ClN3O2S2/c1-22-15-5-3-2-4-13(15)18(21-8-9-25-11-17(20)23)14-7-6-12(19)10-16(14)26(22)24/h2-7,10,18,21H,8-9,11H2,1H3,(H2,20,23). The molecule has 0 spiro atoms. The highest BCUT2D eigenvalue weighted by Gasteiger charge is 2.29. The van der Waals surface area contributed by atoms with Gasteiger partial charge in [0.05, 0.1) is 22.4 Å². The largest absolute Gasteiger partial charge is 0.369 e. The second-order valence-electron chi connectivity index (χ2n) is 5.89. The van der Waals surface area contributed by atoms with Crippen LogP contribution in [0.3, 0.4) is 0 Å². The second kappa shape index (κ2) is 8.43. The molecule has 3 rings (SSSR count). The smallest absolute Gasteiger partial charge is 0.227 e. The van der Waals surface area contributed by atoms with Crippen LogP contribution in [0.15, 0.2) is 47.4 Å². The number of nitrogens with one attached hydrogen (secondary N) is 1. The Morgan fingerprint density at radius 2 is 2.08 bits per heavy atom. The molecule has 2 aromatic rings. The summed E-state index contributed by atoms with van der Waals surface area (Å²) in [6, 6.07) is 13.3. The van der Waals surface area contributed by atoms with Gasteiger partial charge in [-0.05, 0) is 29.3 Å². The summed E-state index contributed by atoms with van der Waals surface area (Å²) in [5.74, 6) is 0.748. The summed E-state index contributed by atoms with van der Waals surface area (Å²) in [5.41, 5.74) is 8.10. The number of nitrogens with zero attached hydrogens (tertiary/aromatic N) is 1. The highest BCUT2D eigenvalue weighted by atomic mass is 35.5. The number of hydrogen-bond donors (Lipinski definition) is 2. The van der Waals surface area contributed by atoms with Crippen molar-refractivity contribution in [3.05, 3.63) is 58.6 Å². The predicted molar refractivity (Wildman–Crippen MR) is 109 cm³/mol. The Morgan fingerprint density at radius 1 is 1.31 bits per heavy atom. The number of carbonyl (C=O) groups is 1. The molecule has 0 saturated carbocycles. The average molecular weight is 410 g/mol. The molecular formula is C18H20ClN3O2S2. The van der Waals surface area contributed by atoms with Gasteiger partial charge in [-0.2, -0.15) is 11.8 Å². The number of hydrogen-bond acceptors (Lipinski definition) is 4. The van der Waals surface area contributed by atoms with Crippen LogP contribution in [0.25, 0.3) is 0 Å². The van der Waals surface area contributed by atoms with Crippen LogP contribution in [0.2, 0.25) is 5.02 Å². The van der Waals surface area contributed by atoms with Gasteiger partial charge in [-0.1, -0.05) is 35.9 Å². The van der Waals surface area contributed by atoms with Gasteiger partial charge in [0.1, 0.15) is 0 Å². The molecule has 0 aromatic heterocycles. The molecule has 0 radical (unpaired) electrons. The lowest BCUT2D eigenvalue weighted by Crippen LogP contribution is -2.26. The van der Waals surface area contributed by atoms with Crippen LogP contribution in [0.5, 0.6) is 0 Å². The summed E-state index contributed by atoms with van der Waals surface area (Å²) in [4.78, 5) is 11.6. The molecule has 0 aliphatic carbocycles. The van der Waals surface area contributed by atoms with E-state index in [0.29, 0.717) is 22.2 Å². The fourth-order valence-corrected chi connectivity index (χ4v) is 5.09. The maximum Gasteiger partial charge on any atom is 0.227 e. The Kier molecular flexibility index (Phi) is 6.24. The van der Waals surface area contributed by atoms with Crippen molar-refractivity contribution in [2.75, 3.05) is 29.4 Å². The van der Waals surface area contributed by atoms with E-state index < -0.39 is 11.0 Å². The van der Waals surface area contributed by atoms with Crippen molar-refractivity contribution < 1.29 is 9.00 Å². The molecule has 138 valence electrons. The zero-order valence-electron chi connectivity index (χ0n) is 14.3. The van der Waals surface area contributed by atoms with Crippen LogP contribution in [0.4, 0.5) is 5.69 Å². The van der Waals surface area contributed by atoms with Crippen LogP contribution in [0.1, 0.15) is 17.2 Å². The van der Waals surface area contributed by atoms with Gasteiger partial charge in [0.25, 0.3) is 0 Å². The number of benzene rings is 2. The zero-order chi connectivity index (χ0) is 18.7. The van der Waals surface area contributed by atoms with Crippen LogP contribution in [-0.4, -0.2) is 35.2 Å². The predicted octanol–water partition coefficient (Wildman–Crippen LogP) is 2.71. The minimum Gasteiger partial charge on any atom is -0.369 e. The molecule has 1 aliphatic heterocycles. The molecule has 1 aliphatic rings. The van der Waals surface area contributed by atoms with Gasteiger partial charge in [0.15, 0.2) is 11.0 Å². The third-order valence-electron chi connectivity index (χ3n) is 4.15. The van der Waals surface area contributed by atoms with Crippen LogP contribution in [-0.2, 0) is 15.8 Å². The van der Waals surface area contributed by atoms with Gasteiger partial charge in [0, 0.05) is 24.4 Å². The molecule has 2 aromatic carbocycles. The number of thioether (sulfide) groups is 1. The van der Waals surface area contributed by atoms with E-state index in [1.165, 1.54) is 11.8 Å². The number of primary amides is 1. The first-order valence-corrected chi connectivity index (χ1v) is 10.8. The highest BCUT2D eigenvalue weighted by Crippen LogP contribution is 2.39. The molecule has 2 unspecified atom stereocenters. The minimum atomic E-state index is -1.34. The van der Waals surface area contributed by atoms with Crippen molar-refractivity contribution in [2.24, 2.45) is 5.73 Å². The van der Waals surface area contributed by atoms with Gasteiger partial charge < -0.3 is 11.1 Å². The summed E-state index contributed by atoms with van der Waals surface area (Å²) < 4.78 is 14.8. The van der Waals surface area contributed by atoms with Crippen LogP contribution < -0.4 is 15.4 Å². The first-order chi connectivity index (χ1) is 12.5. The van der Waals surface area contributed by atoms with E-state index in [1.807, 2.05) is 43.4 Å². The number of carbonyl (C=O) groups excluding carboxylic acids is 1. The van der Waals surface area contributed by atoms with Crippen LogP contribution >= 0.6 is 23.4 Å². The Hall–Kier alpha value is -1.54. The van der Waals surface area contributed by atoms with E-state index in [-0.39, 0.29) is 11.9 Å². The van der Waals surface area contributed by atoms with Gasteiger partial charge in [0.2, 0.25) is 5.91 Å². The van der Waals surface area contributed by atoms with E-state index in [1.54, 1.807) is 10.4 Å². The quantitative estimate of drug-likeness (QED) is 0.719. The van der Waals surface area contributed by atoms with Crippen molar-refractivity contribution in [2.45, 2.75) is 10.9 Å². The van der Waals surface area contributed by atoms with E-state index in [2.05, 4.69) is 5.32 Å². The third kappa shape index (κ3) is 4.06. The normalized spacial score (nSPS) is 18.8. The number of para-hydroxylation sites is 1. The first-order valence-electron chi connectivity index (χ1n) is 8.12. The van der Waals surface area contributed by atoms with E-state index in [4.69, 9.17) is 17.3 Å². The molecule has 2 atom stereocenters. The summed E-state index contributed by atoms with van der Waals surface area (Å²) in [7, 11) is 0.482. The molecule has 5 nitrogen and oxygen atoms in total. The molecule has 0 fully saturated rings. The monoisotopic (exact) mass is 409 g/mol. The fourth-order valence-electron chi connectivity index (χ4n) is 2.99. The molecule has 1 amide bonds. The number of rotatable bonds is 6. The molecule has 0 bridgehead atoms. The summed E-state index contributed by atoms with van der Waals surface area (Å²) in [5, 5.41) is 4.09. The SMILES string of the molecule is CN1c2ccccc2C(NCCSCC(N)=O)c2ccc(Cl)cc2S1=O. The number of amides is 1. The van der Waals surface area contributed by atoms with Gasteiger partial charge in [-0.3, -0.25) is 9.10 Å². The Balaban J connectivity index is 1.94. The summed E-state index contributed by atoms with van der Waals surface area (Å²) >= 11 is 7.65. The molecule has 8 heteroatoms. The molecule has 26 heavy (non-hydrogen) atoms. The number of fused-ring (bicyclic) bond motifs is 2. The average Bonchev–Trinajstić information content (AvgIpc) is 2.71. The van der Waals surface area contributed by atoms with Gasteiger partial charge in [-0.15, -0.1) is 0 Å². The molecular weight excluding hydrogens is 390 g/mol. The number of nitrogens with two attached hydrogens (primary N) is 1. The first kappa shape index (κ1) is 19.2. The maximum atomic E-state index is 13.0. The second-order valence-corrected chi connectivity index (χ2v) is 8.92. The van der Waals surface area contributed by atoms with Gasteiger partial charge in [-0.25, -0.2) is 4.21 Å². The fraction of sp³-hybridized carbons (Fsp3) is 0.278. The zero-order valence-corrected chi connectivity index (χ0v) is 16.7. The highest BCUT2D eigenvalue weighted by molar-refractivity contribution is 7.99. The topological polar surface area (TPSA) is 75.4 Å². The number of anilines is 1. The summed E-state index contributed by atoms with van der Waals surface area (Å²) in [6.07, 6.45) is 0. The lowest BCUT2D eigenvalue weighted by molar-refractivity contribution is -0.115. The third-order valence-corrected chi connectivity index (χ3v) is 6.79. The maximum absolute atomic E-state index is 13.0. The number of halogens is 1. The molecule has 3 N–H and O–H groups in total. The minimum absolute atomic E-state index is 0.110. The molecule has 0 saturated heterocycles. The van der Waals surface area contributed by atoms with E-state index in [9.17, 15) is 9.00 Å². The Bertz CT molecular complexity index is 847. The van der Waals surface area contributed by atoms with Crippen molar-refractivity contribution in [3.63, 3.8) is 0 Å². The van der Waals surface area contributed by atoms with Crippen molar-refractivity contribution >= 4 is 45.9 Å². The van der Waals surface area contributed by atoms with Crippen molar-refractivity contribution in [1.82, 2.24) is 5.32 Å².